The third-order valence-corrected chi connectivity index (χ3v) is 4.15. The van der Waals surface area contributed by atoms with Gasteiger partial charge in [-0.1, -0.05) is 19.8 Å². The van der Waals surface area contributed by atoms with E-state index in [9.17, 15) is 19.7 Å². The van der Waals surface area contributed by atoms with E-state index in [2.05, 4.69) is 12.2 Å². The molecule has 1 aliphatic rings. The minimum Gasteiger partial charge on any atom is -0.483 e. The fourth-order valence-corrected chi connectivity index (χ4v) is 2.80. The molecule has 2 rings (SSSR count). The van der Waals surface area contributed by atoms with Crippen molar-refractivity contribution in [1.29, 1.82) is 0 Å². The predicted molar refractivity (Wildman–Crippen MR) is 83.5 cm³/mol. The van der Waals surface area contributed by atoms with Gasteiger partial charge in [0.1, 0.15) is 5.75 Å². The zero-order valence-electron chi connectivity index (χ0n) is 13.0. The summed E-state index contributed by atoms with van der Waals surface area (Å²) in [6.45, 7) is 1.90. The van der Waals surface area contributed by atoms with Crippen LogP contribution in [0.15, 0.2) is 18.2 Å². The average Bonchev–Trinajstić information content (AvgIpc) is 2.54. The predicted octanol–water partition coefficient (Wildman–Crippen LogP) is 2.48. The summed E-state index contributed by atoms with van der Waals surface area (Å²) in [7, 11) is 0. The van der Waals surface area contributed by atoms with Gasteiger partial charge in [0.2, 0.25) is 0 Å². The van der Waals surface area contributed by atoms with Crippen molar-refractivity contribution in [3.63, 3.8) is 0 Å². The number of nitrogens with zero attached hydrogens (tertiary/aromatic N) is 1. The Bertz CT molecular complexity index is 602. The summed E-state index contributed by atoms with van der Waals surface area (Å²) in [5.74, 6) is 0.356. The first kappa shape index (κ1) is 16.9. The molecule has 23 heavy (non-hydrogen) atoms. The highest BCUT2D eigenvalue weighted by molar-refractivity contribution is 5.82. The van der Waals surface area contributed by atoms with E-state index in [1.54, 1.807) is 0 Å². The van der Waals surface area contributed by atoms with Crippen LogP contribution in [0.3, 0.4) is 0 Å². The van der Waals surface area contributed by atoms with Crippen LogP contribution in [-0.4, -0.2) is 29.8 Å². The minimum absolute atomic E-state index is 0.0537. The maximum atomic E-state index is 12.0. The van der Waals surface area contributed by atoms with E-state index < -0.39 is 4.92 Å². The Labute approximate surface area is 134 Å². The molecule has 1 aromatic carbocycles. The number of hydrogen-bond donors (Lipinski definition) is 1. The molecular formula is C16H20N2O5. The summed E-state index contributed by atoms with van der Waals surface area (Å²) < 4.78 is 5.34. The molecule has 0 heterocycles. The topological polar surface area (TPSA) is 98.5 Å². The Morgan fingerprint density at radius 3 is 2.83 bits per heavy atom. The van der Waals surface area contributed by atoms with Gasteiger partial charge >= 0.3 is 0 Å². The monoisotopic (exact) mass is 320 g/mol. The van der Waals surface area contributed by atoms with Crippen molar-refractivity contribution in [3.05, 3.63) is 33.9 Å². The van der Waals surface area contributed by atoms with Crippen molar-refractivity contribution < 1.29 is 19.2 Å². The number of carbonyl (C=O) groups excluding carboxylic acids is 2. The number of ether oxygens (including phenoxy) is 1. The third-order valence-electron chi connectivity index (χ3n) is 4.15. The first-order chi connectivity index (χ1) is 11.0. The molecule has 7 nitrogen and oxygen atoms in total. The van der Waals surface area contributed by atoms with Crippen LogP contribution in [0.2, 0.25) is 0 Å². The number of nitro benzene ring substituents is 1. The Morgan fingerprint density at radius 2 is 2.17 bits per heavy atom. The molecule has 0 radical (unpaired) electrons. The van der Waals surface area contributed by atoms with Crippen LogP contribution in [0.5, 0.6) is 5.75 Å². The molecule has 1 fully saturated rings. The van der Waals surface area contributed by atoms with Crippen molar-refractivity contribution in [2.24, 2.45) is 5.92 Å². The van der Waals surface area contributed by atoms with Crippen molar-refractivity contribution in [3.8, 4) is 5.75 Å². The first-order valence-corrected chi connectivity index (χ1v) is 7.67. The van der Waals surface area contributed by atoms with Gasteiger partial charge in [-0.3, -0.25) is 19.7 Å². The zero-order valence-corrected chi connectivity index (χ0v) is 13.0. The number of non-ortho nitro benzene ring substituents is 1. The summed E-state index contributed by atoms with van der Waals surface area (Å²) in [6.07, 6.45) is 4.83. The molecule has 1 N–H and O–H groups in total. The van der Waals surface area contributed by atoms with Crippen LogP contribution in [0, 0.1) is 16.0 Å². The molecule has 1 aliphatic carbocycles. The van der Waals surface area contributed by atoms with E-state index in [1.165, 1.54) is 18.6 Å². The van der Waals surface area contributed by atoms with Crippen LogP contribution >= 0.6 is 0 Å². The van der Waals surface area contributed by atoms with Gasteiger partial charge in [0.25, 0.3) is 11.6 Å². The van der Waals surface area contributed by atoms with Crippen LogP contribution < -0.4 is 10.1 Å². The fraction of sp³-hybridized carbons (Fsp3) is 0.500. The van der Waals surface area contributed by atoms with Gasteiger partial charge in [0.05, 0.1) is 10.5 Å². The van der Waals surface area contributed by atoms with Gasteiger partial charge in [-0.2, -0.15) is 0 Å². The van der Waals surface area contributed by atoms with E-state index in [-0.39, 0.29) is 35.6 Å². The van der Waals surface area contributed by atoms with Gasteiger partial charge in [0.15, 0.2) is 12.9 Å². The lowest BCUT2D eigenvalue weighted by Gasteiger charge is -2.29. The Morgan fingerprint density at radius 1 is 1.43 bits per heavy atom. The zero-order chi connectivity index (χ0) is 16.8. The van der Waals surface area contributed by atoms with Crippen molar-refractivity contribution in [2.45, 2.75) is 38.6 Å². The minimum atomic E-state index is -0.589. The van der Waals surface area contributed by atoms with Gasteiger partial charge in [0, 0.05) is 18.2 Å². The van der Waals surface area contributed by atoms with Gasteiger partial charge in [-0.05, 0) is 24.8 Å². The lowest BCUT2D eigenvalue weighted by molar-refractivity contribution is -0.384. The van der Waals surface area contributed by atoms with Crippen LogP contribution in [0.25, 0.3) is 0 Å². The highest BCUT2D eigenvalue weighted by Gasteiger charge is 2.23. The molecule has 0 aliphatic heterocycles. The molecule has 2 atom stereocenters. The third kappa shape index (κ3) is 4.51. The number of rotatable bonds is 6. The SMILES string of the molecule is C[C@H]1CCCC[C@@H]1NC(=O)COc1ccc([N+](=O)[O-])cc1C=O. The summed E-state index contributed by atoms with van der Waals surface area (Å²) in [6, 6.07) is 3.85. The molecule has 1 saturated carbocycles. The van der Waals surface area contributed by atoms with E-state index >= 15 is 0 Å². The molecule has 0 saturated heterocycles. The summed E-state index contributed by atoms with van der Waals surface area (Å²) in [4.78, 5) is 33.1. The van der Waals surface area contributed by atoms with Crippen LogP contribution in [0.1, 0.15) is 43.0 Å². The lowest BCUT2D eigenvalue weighted by Crippen LogP contribution is -2.43. The van der Waals surface area contributed by atoms with Crippen LogP contribution in [0.4, 0.5) is 5.69 Å². The molecule has 0 bridgehead atoms. The van der Waals surface area contributed by atoms with Crippen molar-refractivity contribution >= 4 is 17.9 Å². The second-order valence-corrected chi connectivity index (χ2v) is 5.82. The van der Waals surface area contributed by atoms with E-state index in [0.717, 1.165) is 25.3 Å². The Kier molecular flexibility index (Phi) is 5.67. The highest BCUT2D eigenvalue weighted by atomic mass is 16.6. The number of benzene rings is 1. The summed E-state index contributed by atoms with van der Waals surface area (Å²) in [5, 5.41) is 13.6. The van der Waals surface area contributed by atoms with Gasteiger partial charge in [-0.25, -0.2) is 0 Å². The van der Waals surface area contributed by atoms with E-state index in [0.29, 0.717) is 12.2 Å². The average molecular weight is 320 g/mol. The number of nitro groups is 1. The number of aldehydes is 1. The molecule has 1 aromatic rings. The lowest BCUT2D eigenvalue weighted by atomic mass is 9.86. The Hall–Kier alpha value is -2.44. The maximum absolute atomic E-state index is 12.0. The van der Waals surface area contributed by atoms with Gasteiger partial charge in [-0.15, -0.1) is 0 Å². The second-order valence-electron chi connectivity index (χ2n) is 5.82. The number of carbonyl (C=O) groups is 2. The quantitative estimate of drug-likeness (QED) is 0.493. The molecule has 0 unspecified atom stereocenters. The summed E-state index contributed by atoms with van der Waals surface area (Å²) in [5.41, 5.74) is -0.141. The highest BCUT2D eigenvalue weighted by Crippen LogP contribution is 2.24. The van der Waals surface area contributed by atoms with E-state index in [4.69, 9.17) is 4.74 Å². The smallest absolute Gasteiger partial charge is 0.270 e. The van der Waals surface area contributed by atoms with Crippen LogP contribution in [-0.2, 0) is 4.79 Å². The number of nitrogens with one attached hydrogen (secondary N) is 1. The van der Waals surface area contributed by atoms with E-state index in [1.807, 2.05) is 0 Å². The normalized spacial score (nSPS) is 20.6. The molecule has 7 heteroatoms. The molecule has 0 aromatic heterocycles. The second kappa shape index (κ2) is 7.71. The van der Waals surface area contributed by atoms with Crippen molar-refractivity contribution in [1.82, 2.24) is 5.32 Å². The Balaban J connectivity index is 1.93. The number of hydrogen-bond acceptors (Lipinski definition) is 5. The molecular weight excluding hydrogens is 300 g/mol. The maximum Gasteiger partial charge on any atom is 0.270 e. The largest absolute Gasteiger partial charge is 0.483 e. The summed E-state index contributed by atoms with van der Waals surface area (Å²) >= 11 is 0. The molecule has 0 spiro atoms. The number of amides is 1. The fourth-order valence-electron chi connectivity index (χ4n) is 2.80. The standard InChI is InChI=1S/C16H20N2O5/c1-11-4-2-3-5-14(11)17-16(20)10-23-15-7-6-13(18(21)22)8-12(15)9-19/h6-9,11,14H,2-5,10H2,1H3,(H,17,20)/t11-,14-/m0/s1. The van der Waals surface area contributed by atoms with Gasteiger partial charge < -0.3 is 10.1 Å². The van der Waals surface area contributed by atoms with Crippen molar-refractivity contribution in [2.75, 3.05) is 6.61 Å². The molecule has 1 amide bonds. The molecule has 124 valence electrons. The first-order valence-electron chi connectivity index (χ1n) is 7.67.